The van der Waals surface area contributed by atoms with E-state index in [1.807, 2.05) is 6.07 Å². The largest absolute Gasteiger partial charge is 0.277 e. The van der Waals surface area contributed by atoms with Crippen LogP contribution in [-0.2, 0) is 4.84 Å². The molecule has 2 aromatic carbocycles. The van der Waals surface area contributed by atoms with Crippen LogP contribution in [0.2, 0.25) is 0 Å². The van der Waals surface area contributed by atoms with Crippen LogP contribution in [-0.4, -0.2) is 34.9 Å². The molecular formula is C16H13BrFN3O2. The number of hydrogen-bond donors (Lipinski definition) is 0. The number of carbonyl (C=O) groups is 1. The summed E-state index contributed by atoms with van der Waals surface area (Å²) in [6.07, 6.45) is 0. The zero-order valence-electron chi connectivity index (χ0n) is 12.5. The van der Waals surface area contributed by atoms with Crippen LogP contribution in [0.3, 0.4) is 0 Å². The van der Waals surface area contributed by atoms with Gasteiger partial charge in [0.2, 0.25) is 0 Å². The predicted molar refractivity (Wildman–Crippen MR) is 87.8 cm³/mol. The van der Waals surface area contributed by atoms with E-state index in [1.54, 1.807) is 36.0 Å². The fourth-order valence-electron chi connectivity index (χ4n) is 2.21. The molecule has 3 aromatic rings. The van der Waals surface area contributed by atoms with Crippen LogP contribution in [0, 0.1) is 5.82 Å². The quantitative estimate of drug-likeness (QED) is 0.655. The molecule has 0 aliphatic heterocycles. The standard InChI is InChI=1S/C16H13BrFN3O2/c1-20(23-2)16(22)10-3-8-13-14(9-10)19-21(15(13)17)12-6-4-11(18)5-7-12/h3-9H,1-2H3. The summed E-state index contributed by atoms with van der Waals surface area (Å²) in [5.74, 6) is -0.570. The summed E-state index contributed by atoms with van der Waals surface area (Å²) < 4.78 is 15.4. The third kappa shape index (κ3) is 2.85. The lowest BCUT2D eigenvalue weighted by Crippen LogP contribution is -2.25. The Hall–Kier alpha value is -2.25. The summed E-state index contributed by atoms with van der Waals surface area (Å²) in [6, 6.07) is 11.2. The van der Waals surface area contributed by atoms with Gasteiger partial charge < -0.3 is 0 Å². The van der Waals surface area contributed by atoms with Crippen LogP contribution in [0.4, 0.5) is 4.39 Å². The van der Waals surface area contributed by atoms with Crippen LogP contribution < -0.4 is 0 Å². The Morgan fingerprint density at radius 2 is 1.96 bits per heavy atom. The molecular weight excluding hydrogens is 365 g/mol. The molecule has 5 nitrogen and oxygen atoms in total. The van der Waals surface area contributed by atoms with E-state index in [0.29, 0.717) is 11.1 Å². The zero-order valence-corrected chi connectivity index (χ0v) is 14.0. The maximum Gasteiger partial charge on any atom is 0.277 e. The van der Waals surface area contributed by atoms with Gasteiger partial charge in [-0.1, -0.05) is 0 Å². The molecule has 0 fully saturated rings. The highest BCUT2D eigenvalue weighted by atomic mass is 79.9. The zero-order chi connectivity index (χ0) is 16.6. The Morgan fingerprint density at radius 3 is 2.61 bits per heavy atom. The molecule has 0 atom stereocenters. The number of halogens is 2. The minimum atomic E-state index is -0.308. The van der Waals surface area contributed by atoms with Crippen molar-refractivity contribution in [2.45, 2.75) is 0 Å². The van der Waals surface area contributed by atoms with Gasteiger partial charge in [-0.05, 0) is 58.4 Å². The normalized spacial score (nSPS) is 11.0. The molecule has 1 aromatic heterocycles. The molecule has 0 aliphatic rings. The summed E-state index contributed by atoms with van der Waals surface area (Å²) >= 11 is 3.50. The molecule has 118 valence electrons. The van der Waals surface area contributed by atoms with Crippen LogP contribution in [0.25, 0.3) is 16.6 Å². The molecule has 1 heterocycles. The molecule has 0 bridgehead atoms. The number of hydroxylamine groups is 2. The van der Waals surface area contributed by atoms with Gasteiger partial charge in [0.05, 0.1) is 18.3 Å². The molecule has 0 N–H and O–H groups in total. The second-order valence-corrected chi connectivity index (χ2v) is 5.65. The second kappa shape index (κ2) is 6.10. The second-order valence-electron chi connectivity index (χ2n) is 4.90. The van der Waals surface area contributed by atoms with Crippen LogP contribution >= 0.6 is 15.9 Å². The van der Waals surface area contributed by atoms with Crippen molar-refractivity contribution in [1.29, 1.82) is 0 Å². The molecule has 0 unspecified atom stereocenters. The van der Waals surface area contributed by atoms with Crippen molar-refractivity contribution in [1.82, 2.24) is 14.8 Å². The molecule has 7 heteroatoms. The first-order valence-electron chi connectivity index (χ1n) is 6.77. The topological polar surface area (TPSA) is 47.4 Å². The lowest BCUT2D eigenvalue weighted by atomic mass is 10.1. The minimum absolute atomic E-state index is 0.262. The van der Waals surface area contributed by atoms with Crippen molar-refractivity contribution in [2.75, 3.05) is 14.2 Å². The summed E-state index contributed by atoms with van der Waals surface area (Å²) in [5.41, 5.74) is 1.84. The Bertz CT molecular complexity index is 877. The van der Waals surface area contributed by atoms with Gasteiger partial charge in [0, 0.05) is 18.0 Å². The van der Waals surface area contributed by atoms with Crippen LogP contribution in [0.1, 0.15) is 10.4 Å². The molecule has 3 rings (SSSR count). The highest BCUT2D eigenvalue weighted by molar-refractivity contribution is 9.10. The molecule has 0 saturated carbocycles. The fourth-order valence-corrected chi connectivity index (χ4v) is 2.83. The number of fused-ring (bicyclic) bond motifs is 1. The van der Waals surface area contributed by atoms with Crippen molar-refractivity contribution in [3.05, 3.63) is 58.4 Å². The lowest BCUT2D eigenvalue weighted by molar-refractivity contribution is -0.0756. The summed E-state index contributed by atoms with van der Waals surface area (Å²) in [4.78, 5) is 17.0. The van der Waals surface area contributed by atoms with E-state index < -0.39 is 0 Å². The first kappa shape index (κ1) is 15.6. The van der Waals surface area contributed by atoms with E-state index in [0.717, 1.165) is 20.7 Å². The van der Waals surface area contributed by atoms with Gasteiger partial charge in [0.1, 0.15) is 10.4 Å². The first-order chi connectivity index (χ1) is 11.0. The van der Waals surface area contributed by atoms with E-state index in [1.165, 1.54) is 19.2 Å². The average molecular weight is 378 g/mol. The minimum Gasteiger partial charge on any atom is -0.274 e. The molecule has 23 heavy (non-hydrogen) atoms. The van der Waals surface area contributed by atoms with Crippen LogP contribution in [0.5, 0.6) is 0 Å². The monoisotopic (exact) mass is 377 g/mol. The number of aromatic nitrogens is 2. The highest BCUT2D eigenvalue weighted by Crippen LogP contribution is 2.27. The lowest BCUT2D eigenvalue weighted by Gasteiger charge is -2.13. The summed E-state index contributed by atoms with van der Waals surface area (Å²) in [5, 5.41) is 6.47. The Kier molecular flexibility index (Phi) is 4.14. The van der Waals surface area contributed by atoms with Gasteiger partial charge in [-0.25, -0.2) is 14.1 Å². The Labute approximate surface area is 140 Å². The van der Waals surface area contributed by atoms with Crippen molar-refractivity contribution >= 4 is 32.7 Å². The number of amides is 1. The van der Waals surface area contributed by atoms with Crippen molar-refractivity contribution in [3.63, 3.8) is 0 Å². The SMILES string of the molecule is CON(C)C(=O)c1ccc2c(Br)n(-c3ccc(F)cc3)nc2c1. The van der Waals surface area contributed by atoms with Gasteiger partial charge in [-0.3, -0.25) is 9.63 Å². The van der Waals surface area contributed by atoms with Crippen molar-refractivity contribution < 1.29 is 14.0 Å². The number of rotatable bonds is 3. The van der Waals surface area contributed by atoms with Gasteiger partial charge in [-0.2, -0.15) is 5.10 Å². The smallest absolute Gasteiger partial charge is 0.274 e. The Morgan fingerprint density at radius 1 is 1.26 bits per heavy atom. The fraction of sp³-hybridized carbons (Fsp3) is 0.125. The molecule has 0 saturated heterocycles. The molecule has 0 spiro atoms. The van der Waals surface area contributed by atoms with Gasteiger partial charge in [0.25, 0.3) is 5.91 Å². The third-order valence-corrected chi connectivity index (χ3v) is 4.25. The summed E-state index contributed by atoms with van der Waals surface area (Å²) in [6.45, 7) is 0. The predicted octanol–water partition coefficient (Wildman–Crippen LogP) is 3.56. The van der Waals surface area contributed by atoms with E-state index in [4.69, 9.17) is 4.84 Å². The van der Waals surface area contributed by atoms with E-state index >= 15 is 0 Å². The van der Waals surface area contributed by atoms with Crippen molar-refractivity contribution in [3.8, 4) is 5.69 Å². The maximum absolute atomic E-state index is 13.1. The molecule has 1 amide bonds. The van der Waals surface area contributed by atoms with Crippen molar-refractivity contribution in [2.24, 2.45) is 0 Å². The van der Waals surface area contributed by atoms with E-state index in [-0.39, 0.29) is 11.7 Å². The number of carbonyl (C=O) groups excluding carboxylic acids is 1. The third-order valence-electron chi connectivity index (χ3n) is 3.49. The van der Waals surface area contributed by atoms with E-state index in [9.17, 15) is 9.18 Å². The summed E-state index contributed by atoms with van der Waals surface area (Å²) in [7, 11) is 2.97. The van der Waals surface area contributed by atoms with E-state index in [2.05, 4.69) is 21.0 Å². The highest BCUT2D eigenvalue weighted by Gasteiger charge is 2.15. The first-order valence-corrected chi connectivity index (χ1v) is 7.57. The number of nitrogens with zero attached hydrogens (tertiary/aromatic N) is 3. The molecule has 0 aliphatic carbocycles. The van der Waals surface area contributed by atoms with Gasteiger partial charge in [0.15, 0.2) is 0 Å². The number of benzene rings is 2. The average Bonchev–Trinajstić information content (AvgIpc) is 2.90. The Balaban J connectivity index is 2.08. The van der Waals surface area contributed by atoms with Gasteiger partial charge >= 0.3 is 0 Å². The van der Waals surface area contributed by atoms with Crippen LogP contribution in [0.15, 0.2) is 47.1 Å². The van der Waals surface area contributed by atoms with Gasteiger partial charge in [-0.15, -0.1) is 0 Å². The number of hydrogen-bond acceptors (Lipinski definition) is 3. The maximum atomic E-state index is 13.1. The molecule has 0 radical (unpaired) electrons.